The molecule has 1 aliphatic heterocycles. The molecule has 5 heteroatoms. The molecule has 0 spiro atoms. The Morgan fingerprint density at radius 2 is 2.00 bits per heavy atom. The predicted octanol–water partition coefficient (Wildman–Crippen LogP) is 2.61. The molecule has 0 atom stereocenters. The molecule has 0 fully saturated rings. The molecule has 18 heavy (non-hydrogen) atoms. The quantitative estimate of drug-likeness (QED) is 0.903. The Bertz CT molecular complexity index is 607. The zero-order valence-corrected chi connectivity index (χ0v) is 11.1. The first kappa shape index (κ1) is 11.5. The van der Waals surface area contributed by atoms with Gasteiger partial charge in [0.1, 0.15) is 5.01 Å². The van der Waals surface area contributed by atoms with Gasteiger partial charge >= 0.3 is 0 Å². The van der Waals surface area contributed by atoms with Crippen LogP contribution in [0.1, 0.15) is 16.1 Å². The lowest BCUT2D eigenvalue weighted by Gasteiger charge is -2.04. The molecule has 0 bridgehead atoms. The summed E-state index contributed by atoms with van der Waals surface area (Å²) in [7, 11) is 0. The SMILES string of the molecule is Cc1cc2c(cc1-c1nc(C)c(CN)s1)OCO2. The van der Waals surface area contributed by atoms with E-state index in [9.17, 15) is 0 Å². The summed E-state index contributed by atoms with van der Waals surface area (Å²) in [4.78, 5) is 5.71. The highest BCUT2D eigenvalue weighted by Gasteiger charge is 2.18. The van der Waals surface area contributed by atoms with Crippen molar-refractivity contribution in [1.82, 2.24) is 4.98 Å². The summed E-state index contributed by atoms with van der Waals surface area (Å²) < 4.78 is 10.8. The third kappa shape index (κ3) is 1.76. The average molecular weight is 262 g/mol. The molecule has 1 aliphatic rings. The van der Waals surface area contributed by atoms with Crippen molar-refractivity contribution >= 4 is 11.3 Å². The van der Waals surface area contributed by atoms with Crippen LogP contribution in [0.4, 0.5) is 0 Å². The summed E-state index contributed by atoms with van der Waals surface area (Å²) in [5, 5.41) is 0.990. The number of hydrogen-bond acceptors (Lipinski definition) is 5. The van der Waals surface area contributed by atoms with Crippen molar-refractivity contribution in [3.05, 3.63) is 28.3 Å². The minimum absolute atomic E-state index is 0.295. The molecule has 4 nitrogen and oxygen atoms in total. The Balaban J connectivity index is 2.10. The van der Waals surface area contributed by atoms with E-state index in [0.717, 1.165) is 38.2 Å². The molecule has 94 valence electrons. The number of fused-ring (bicyclic) bond motifs is 1. The van der Waals surface area contributed by atoms with Gasteiger partial charge in [-0.25, -0.2) is 4.98 Å². The highest BCUT2D eigenvalue weighted by molar-refractivity contribution is 7.15. The minimum atomic E-state index is 0.295. The van der Waals surface area contributed by atoms with Crippen molar-refractivity contribution in [3.8, 4) is 22.1 Å². The number of hydrogen-bond donors (Lipinski definition) is 1. The van der Waals surface area contributed by atoms with Crippen LogP contribution in [0.3, 0.4) is 0 Å². The van der Waals surface area contributed by atoms with Crippen LogP contribution in [0.2, 0.25) is 0 Å². The summed E-state index contributed by atoms with van der Waals surface area (Å²) in [6.07, 6.45) is 0. The Labute approximate surface area is 109 Å². The third-order valence-electron chi connectivity index (χ3n) is 3.03. The Morgan fingerprint density at radius 1 is 1.28 bits per heavy atom. The number of nitrogens with two attached hydrogens (primary N) is 1. The van der Waals surface area contributed by atoms with Crippen molar-refractivity contribution in [2.75, 3.05) is 6.79 Å². The van der Waals surface area contributed by atoms with Gasteiger partial charge in [0.05, 0.1) is 5.69 Å². The molecule has 2 N–H and O–H groups in total. The number of thiazole rings is 1. The zero-order chi connectivity index (χ0) is 12.7. The van der Waals surface area contributed by atoms with Gasteiger partial charge in [0.2, 0.25) is 6.79 Å². The first-order valence-electron chi connectivity index (χ1n) is 5.76. The summed E-state index contributed by atoms with van der Waals surface area (Å²) in [5.74, 6) is 1.60. The standard InChI is InChI=1S/C13H14N2O2S/c1-7-3-10-11(17-6-16-10)4-9(7)13-15-8(2)12(5-14)18-13/h3-4H,5-6,14H2,1-2H3. The van der Waals surface area contributed by atoms with Crippen LogP contribution < -0.4 is 15.2 Å². The summed E-state index contributed by atoms with van der Waals surface area (Å²) in [5.41, 5.74) is 8.93. The summed E-state index contributed by atoms with van der Waals surface area (Å²) in [6, 6.07) is 3.99. The maximum atomic E-state index is 5.70. The van der Waals surface area contributed by atoms with Crippen LogP contribution in [0.25, 0.3) is 10.6 Å². The molecule has 0 saturated carbocycles. The number of aryl methyl sites for hydroxylation is 2. The van der Waals surface area contributed by atoms with Crippen LogP contribution in [-0.2, 0) is 6.54 Å². The Morgan fingerprint density at radius 3 is 2.67 bits per heavy atom. The second-order valence-corrected chi connectivity index (χ2v) is 5.34. The Kier molecular flexibility index (Phi) is 2.72. The molecule has 2 heterocycles. The fraction of sp³-hybridized carbons (Fsp3) is 0.308. The van der Waals surface area contributed by atoms with Gasteiger partial charge in [-0.3, -0.25) is 0 Å². The van der Waals surface area contributed by atoms with E-state index >= 15 is 0 Å². The highest BCUT2D eigenvalue weighted by atomic mass is 32.1. The number of rotatable bonds is 2. The van der Waals surface area contributed by atoms with E-state index in [-0.39, 0.29) is 0 Å². The van der Waals surface area contributed by atoms with Crippen molar-refractivity contribution in [3.63, 3.8) is 0 Å². The van der Waals surface area contributed by atoms with Gasteiger partial charge in [-0.15, -0.1) is 11.3 Å². The van der Waals surface area contributed by atoms with E-state index in [0.29, 0.717) is 13.3 Å². The van der Waals surface area contributed by atoms with E-state index in [2.05, 4.69) is 11.9 Å². The lowest BCUT2D eigenvalue weighted by atomic mass is 10.1. The lowest BCUT2D eigenvalue weighted by Crippen LogP contribution is -1.94. The molecule has 1 aromatic carbocycles. The van der Waals surface area contributed by atoms with E-state index in [4.69, 9.17) is 15.2 Å². The molecule has 2 aromatic rings. The van der Waals surface area contributed by atoms with Crippen LogP contribution >= 0.6 is 11.3 Å². The van der Waals surface area contributed by atoms with E-state index in [1.165, 1.54) is 0 Å². The average Bonchev–Trinajstić information content (AvgIpc) is 2.93. The van der Waals surface area contributed by atoms with Gasteiger partial charge < -0.3 is 15.2 Å². The van der Waals surface area contributed by atoms with Crippen LogP contribution in [-0.4, -0.2) is 11.8 Å². The summed E-state index contributed by atoms with van der Waals surface area (Å²) in [6.45, 7) is 4.87. The molecule has 0 amide bonds. The maximum Gasteiger partial charge on any atom is 0.231 e. The minimum Gasteiger partial charge on any atom is -0.454 e. The first-order valence-corrected chi connectivity index (χ1v) is 6.57. The predicted molar refractivity (Wildman–Crippen MR) is 71.0 cm³/mol. The van der Waals surface area contributed by atoms with E-state index < -0.39 is 0 Å². The van der Waals surface area contributed by atoms with Gasteiger partial charge in [0.15, 0.2) is 11.5 Å². The monoisotopic (exact) mass is 262 g/mol. The van der Waals surface area contributed by atoms with Crippen molar-refractivity contribution < 1.29 is 9.47 Å². The molecular weight excluding hydrogens is 248 g/mol. The van der Waals surface area contributed by atoms with Crippen molar-refractivity contribution in [2.45, 2.75) is 20.4 Å². The smallest absolute Gasteiger partial charge is 0.231 e. The molecule has 1 aromatic heterocycles. The number of aromatic nitrogens is 1. The molecular formula is C13H14N2O2S. The Hall–Kier alpha value is -1.59. The topological polar surface area (TPSA) is 57.4 Å². The van der Waals surface area contributed by atoms with Crippen LogP contribution in [0.5, 0.6) is 11.5 Å². The summed E-state index contributed by atoms with van der Waals surface area (Å²) >= 11 is 1.64. The van der Waals surface area contributed by atoms with Gasteiger partial charge in [0.25, 0.3) is 0 Å². The van der Waals surface area contributed by atoms with E-state index in [1.54, 1.807) is 11.3 Å². The fourth-order valence-corrected chi connectivity index (χ4v) is 3.03. The molecule has 0 unspecified atom stereocenters. The van der Waals surface area contributed by atoms with Gasteiger partial charge in [-0.1, -0.05) is 0 Å². The van der Waals surface area contributed by atoms with Gasteiger partial charge in [-0.05, 0) is 31.5 Å². The lowest BCUT2D eigenvalue weighted by molar-refractivity contribution is 0.174. The van der Waals surface area contributed by atoms with Gasteiger partial charge in [0, 0.05) is 17.0 Å². The second-order valence-electron chi connectivity index (χ2n) is 4.25. The van der Waals surface area contributed by atoms with Gasteiger partial charge in [-0.2, -0.15) is 0 Å². The van der Waals surface area contributed by atoms with Crippen molar-refractivity contribution in [2.24, 2.45) is 5.73 Å². The van der Waals surface area contributed by atoms with Crippen LogP contribution in [0.15, 0.2) is 12.1 Å². The molecule has 0 radical (unpaired) electrons. The van der Waals surface area contributed by atoms with E-state index in [1.807, 2.05) is 19.1 Å². The third-order valence-corrected chi connectivity index (χ3v) is 4.24. The number of ether oxygens (including phenoxy) is 2. The second kappa shape index (κ2) is 4.26. The molecule has 0 aliphatic carbocycles. The largest absolute Gasteiger partial charge is 0.454 e. The maximum absolute atomic E-state index is 5.70. The van der Waals surface area contributed by atoms with Crippen LogP contribution in [0, 0.1) is 13.8 Å². The number of nitrogens with zero attached hydrogens (tertiary/aromatic N) is 1. The van der Waals surface area contributed by atoms with Crippen molar-refractivity contribution in [1.29, 1.82) is 0 Å². The number of benzene rings is 1. The highest BCUT2D eigenvalue weighted by Crippen LogP contribution is 2.39. The normalized spacial score (nSPS) is 13.1. The fourth-order valence-electron chi connectivity index (χ4n) is 2.01. The molecule has 0 saturated heterocycles. The zero-order valence-electron chi connectivity index (χ0n) is 10.3. The molecule has 3 rings (SSSR count). The first-order chi connectivity index (χ1) is 8.69.